The van der Waals surface area contributed by atoms with E-state index in [0.29, 0.717) is 31.5 Å². The Morgan fingerprint density at radius 3 is 2.21 bits per heavy atom. The van der Waals surface area contributed by atoms with Gasteiger partial charge in [-0.3, -0.25) is 19.2 Å². The van der Waals surface area contributed by atoms with E-state index in [1.165, 1.54) is 19.4 Å². The minimum atomic E-state index is -1.21. The molecule has 186 valence electrons. The average Bonchev–Trinajstić information content (AvgIpc) is 3.25. The zero-order valence-corrected chi connectivity index (χ0v) is 19.5. The predicted octanol–water partition coefficient (Wildman–Crippen LogP) is -0.986. The molecule has 0 bridgehead atoms. The van der Waals surface area contributed by atoms with E-state index >= 15 is 0 Å². The molecule has 1 aromatic rings. The van der Waals surface area contributed by atoms with Crippen molar-refractivity contribution in [2.75, 3.05) is 6.54 Å². The molecule has 0 saturated carbocycles. The number of amides is 3. The summed E-state index contributed by atoms with van der Waals surface area (Å²) in [6.45, 7) is 5.63. The van der Waals surface area contributed by atoms with Crippen molar-refractivity contribution < 1.29 is 24.3 Å². The van der Waals surface area contributed by atoms with Crippen molar-refractivity contribution in [2.45, 2.75) is 77.0 Å². The van der Waals surface area contributed by atoms with Crippen LogP contribution in [0.2, 0.25) is 0 Å². The highest BCUT2D eigenvalue weighted by Gasteiger charge is 2.30. The molecule has 1 aromatic heterocycles. The van der Waals surface area contributed by atoms with Gasteiger partial charge >= 0.3 is 5.97 Å². The second kappa shape index (κ2) is 14.2. The van der Waals surface area contributed by atoms with Gasteiger partial charge < -0.3 is 37.5 Å². The number of carbonyl (C=O) groups excluding carboxylic acids is 3. The largest absolute Gasteiger partial charge is 0.480 e. The van der Waals surface area contributed by atoms with Crippen LogP contribution in [-0.2, 0) is 25.6 Å². The highest BCUT2D eigenvalue weighted by atomic mass is 16.4. The number of imidazole rings is 1. The number of hydrogen-bond donors (Lipinski definition) is 7. The summed E-state index contributed by atoms with van der Waals surface area (Å²) in [5.41, 5.74) is 12.0. The van der Waals surface area contributed by atoms with Crippen LogP contribution in [0.5, 0.6) is 0 Å². The molecule has 0 saturated heterocycles. The molecule has 9 N–H and O–H groups in total. The Morgan fingerprint density at radius 1 is 1.03 bits per heavy atom. The lowest BCUT2D eigenvalue weighted by Gasteiger charge is -2.25. The number of aromatic nitrogens is 2. The summed E-state index contributed by atoms with van der Waals surface area (Å²) in [5, 5.41) is 16.8. The molecule has 1 heterocycles. The van der Waals surface area contributed by atoms with E-state index in [4.69, 9.17) is 16.6 Å². The molecule has 0 aliphatic heterocycles. The van der Waals surface area contributed by atoms with Crippen molar-refractivity contribution in [2.24, 2.45) is 17.4 Å². The second-order valence-corrected chi connectivity index (χ2v) is 8.49. The Morgan fingerprint density at radius 2 is 1.67 bits per heavy atom. The molecule has 12 nitrogen and oxygen atoms in total. The highest BCUT2D eigenvalue weighted by molar-refractivity contribution is 5.94. The van der Waals surface area contributed by atoms with Gasteiger partial charge in [0.1, 0.15) is 18.1 Å². The molecule has 3 amide bonds. The summed E-state index contributed by atoms with van der Waals surface area (Å²) in [4.78, 5) is 56.1. The molecule has 1 rings (SSSR count). The number of carboxylic acids is 1. The summed E-state index contributed by atoms with van der Waals surface area (Å²) < 4.78 is 0. The van der Waals surface area contributed by atoms with Crippen LogP contribution < -0.4 is 27.4 Å². The minimum Gasteiger partial charge on any atom is -0.480 e. The SMILES string of the molecule is CC(C)CC(NC(=O)C(N)CCCCN)C(=O)NC(Cc1cnc[nH]1)C(=O)NC(C)C(=O)O. The van der Waals surface area contributed by atoms with Crippen molar-refractivity contribution in [3.8, 4) is 0 Å². The van der Waals surface area contributed by atoms with Crippen LogP contribution in [0, 0.1) is 5.92 Å². The maximum Gasteiger partial charge on any atom is 0.325 e. The number of unbranched alkanes of at least 4 members (excludes halogenated alkanes) is 1. The number of aromatic amines is 1. The van der Waals surface area contributed by atoms with Gasteiger partial charge in [0, 0.05) is 18.3 Å². The highest BCUT2D eigenvalue weighted by Crippen LogP contribution is 2.08. The Hall–Kier alpha value is -2.99. The normalized spacial score (nSPS) is 14.7. The molecular weight excluding hydrogens is 430 g/mol. The van der Waals surface area contributed by atoms with Crippen molar-refractivity contribution in [3.63, 3.8) is 0 Å². The molecule has 0 aliphatic carbocycles. The number of nitrogens with zero attached hydrogens (tertiary/aromatic N) is 1. The zero-order valence-electron chi connectivity index (χ0n) is 19.5. The van der Waals surface area contributed by atoms with Crippen molar-refractivity contribution in [1.82, 2.24) is 25.9 Å². The third kappa shape index (κ3) is 10.4. The van der Waals surface area contributed by atoms with Crippen LogP contribution in [-0.4, -0.2) is 69.5 Å². The lowest BCUT2D eigenvalue weighted by Crippen LogP contribution is -2.57. The van der Waals surface area contributed by atoms with Crippen LogP contribution in [0.1, 0.15) is 52.1 Å². The summed E-state index contributed by atoms with van der Waals surface area (Å²) in [6.07, 6.45) is 5.20. The lowest BCUT2D eigenvalue weighted by molar-refractivity contribution is -0.141. The van der Waals surface area contributed by atoms with E-state index in [1.807, 2.05) is 13.8 Å². The molecular formula is C21H37N7O5. The maximum absolute atomic E-state index is 13.1. The maximum atomic E-state index is 13.1. The molecule has 0 spiro atoms. The van der Waals surface area contributed by atoms with Gasteiger partial charge in [0.2, 0.25) is 17.7 Å². The average molecular weight is 468 g/mol. The fourth-order valence-electron chi connectivity index (χ4n) is 3.09. The first-order valence-corrected chi connectivity index (χ1v) is 11.1. The number of nitrogens with one attached hydrogen (secondary N) is 4. The van der Waals surface area contributed by atoms with Crippen LogP contribution in [0.4, 0.5) is 0 Å². The van der Waals surface area contributed by atoms with E-state index in [-0.39, 0.29) is 12.3 Å². The van der Waals surface area contributed by atoms with Gasteiger partial charge in [-0.05, 0) is 38.6 Å². The van der Waals surface area contributed by atoms with Crippen LogP contribution in [0.25, 0.3) is 0 Å². The summed E-state index contributed by atoms with van der Waals surface area (Å²) in [5.74, 6) is -2.82. The number of hydrogen-bond acceptors (Lipinski definition) is 7. The van der Waals surface area contributed by atoms with Gasteiger partial charge in [-0.25, -0.2) is 4.98 Å². The van der Waals surface area contributed by atoms with Crippen LogP contribution >= 0.6 is 0 Å². The first-order chi connectivity index (χ1) is 15.5. The number of carboxylic acid groups (broad SMARTS) is 1. The molecule has 0 radical (unpaired) electrons. The molecule has 0 aliphatic rings. The smallest absolute Gasteiger partial charge is 0.325 e. The fourth-order valence-corrected chi connectivity index (χ4v) is 3.09. The van der Waals surface area contributed by atoms with E-state index in [2.05, 4.69) is 25.9 Å². The number of aliphatic carboxylic acids is 1. The number of carbonyl (C=O) groups is 4. The van der Waals surface area contributed by atoms with Crippen molar-refractivity contribution >= 4 is 23.7 Å². The van der Waals surface area contributed by atoms with Crippen LogP contribution in [0.3, 0.4) is 0 Å². The first-order valence-electron chi connectivity index (χ1n) is 11.1. The van der Waals surface area contributed by atoms with Gasteiger partial charge in [0.05, 0.1) is 12.4 Å². The van der Waals surface area contributed by atoms with E-state index in [9.17, 15) is 19.2 Å². The van der Waals surface area contributed by atoms with E-state index in [0.717, 1.165) is 6.42 Å². The van der Waals surface area contributed by atoms with E-state index in [1.54, 1.807) is 0 Å². The Balaban J connectivity index is 2.93. The van der Waals surface area contributed by atoms with Crippen molar-refractivity contribution in [3.05, 3.63) is 18.2 Å². The van der Waals surface area contributed by atoms with Gasteiger partial charge in [-0.2, -0.15) is 0 Å². The Bertz CT molecular complexity index is 769. The Labute approximate surface area is 193 Å². The fraction of sp³-hybridized carbons (Fsp3) is 0.667. The topological polar surface area (TPSA) is 205 Å². The minimum absolute atomic E-state index is 0.0604. The molecule has 33 heavy (non-hydrogen) atoms. The van der Waals surface area contributed by atoms with Crippen molar-refractivity contribution in [1.29, 1.82) is 0 Å². The molecule has 4 unspecified atom stereocenters. The molecule has 0 fully saturated rings. The van der Waals surface area contributed by atoms with Crippen LogP contribution in [0.15, 0.2) is 12.5 Å². The second-order valence-electron chi connectivity index (χ2n) is 8.49. The van der Waals surface area contributed by atoms with Gasteiger partial charge in [0.25, 0.3) is 0 Å². The number of H-pyrrole nitrogens is 1. The number of rotatable bonds is 15. The summed E-state index contributed by atoms with van der Waals surface area (Å²) in [7, 11) is 0. The molecule has 12 heteroatoms. The lowest BCUT2D eigenvalue weighted by atomic mass is 10.0. The quantitative estimate of drug-likeness (QED) is 0.159. The summed E-state index contributed by atoms with van der Waals surface area (Å²) in [6, 6.07) is -3.91. The third-order valence-electron chi connectivity index (χ3n) is 4.99. The predicted molar refractivity (Wildman–Crippen MR) is 122 cm³/mol. The standard InChI is InChI=1S/C21H37N7O5/c1-12(2)8-16(27-18(29)15(23)6-4-5-7-22)20(31)28-17(9-14-10-24-11-25-14)19(30)26-13(3)21(32)33/h10-13,15-17H,4-9,22-23H2,1-3H3,(H,24,25)(H,26,30)(H,27,29)(H,28,31)(H,32,33). The third-order valence-corrected chi connectivity index (χ3v) is 4.99. The first kappa shape index (κ1) is 28.0. The zero-order chi connectivity index (χ0) is 25.0. The van der Waals surface area contributed by atoms with E-state index < -0.39 is 47.9 Å². The molecule has 0 aromatic carbocycles. The van der Waals surface area contributed by atoms with Gasteiger partial charge in [0.15, 0.2) is 0 Å². The number of nitrogens with two attached hydrogens (primary N) is 2. The van der Waals surface area contributed by atoms with Gasteiger partial charge in [-0.1, -0.05) is 20.3 Å². The molecule has 4 atom stereocenters. The Kier molecular flexibility index (Phi) is 12.1. The van der Waals surface area contributed by atoms with Gasteiger partial charge in [-0.15, -0.1) is 0 Å². The summed E-state index contributed by atoms with van der Waals surface area (Å²) >= 11 is 0. The monoisotopic (exact) mass is 467 g/mol.